The van der Waals surface area contributed by atoms with Crippen molar-refractivity contribution in [1.82, 2.24) is 9.88 Å². The van der Waals surface area contributed by atoms with E-state index in [0.717, 1.165) is 25.9 Å². The zero-order valence-corrected chi connectivity index (χ0v) is 18.8. The lowest BCUT2D eigenvalue weighted by molar-refractivity contribution is -0.383. The van der Waals surface area contributed by atoms with Crippen LogP contribution in [0.1, 0.15) is 13.8 Å². The molecular weight excluding hydrogens is 440 g/mol. The van der Waals surface area contributed by atoms with Gasteiger partial charge in [0.25, 0.3) is 5.69 Å². The molecule has 0 bridgehead atoms. The zero-order chi connectivity index (χ0) is 22.8. The number of anilines is 1. The number of pyridine rings is 1. The number of nitrogens with one attached hydrogen (secondary N) is 2. The Morgan fingerprint density at radius 3 is 2.47 bits per heavy atom. The number of aromatic amines is 1. The summed E-state index contributed by atoms with van der Waals surface area (Å²) in [6, 6.07) is 7.02. The van der Waals surface area contributed by atoms with Gasteiger partial charge >= 0.3 is 10.1 Å². The predicted octanol–water partition coefficient (Wildman–Crippen LogP) is 1.86. The second kappa shape index (κ2) is 9.94. The molecule has 0 amide bonds. The molecule has 0 aliphatic rings. The first-order valence-electron chi connectivity index (χ1n) is 9.77. The molecule has 32 heavy (non-hydrogen) atoms. The first kappa shape index (κ1) is 25.0. The summed E-state index contributed by atoms with van der Waals surface area (Å²) in [5, 5.41) is 15.0. The summed E-state index contributed by atoms with van der Waals surface area (Å²) in [5.74, 6) is -0.0127. The van der Waals surface area contributed by atoms with Crippen LogP contribution in [-0.2, 0) is 10.1 Å². The molecule has 2 aromatic carbocycles. The Morgan fingerprint density at radius 1 is 1.19 bits per heavy atom. The topological polar surface area (TPSA) is 166 Å². The van der Waals surface area contributed by atoms with E-state index in [2.05, 4.69) is 29.0 Å². The molecule has 0 atom stereocenters. The first-order chi connectivity index (χ1) is 14.6. The molecule has 0 saturated carbocycles. The van der Waals surface area contributed by atoms with Crippen molar-refractivity contribution in [2.45, 2.75) is 13.8 Å². The van der Waals surface area contributed by atoms with E-state index in [0.29, 0.717) is 17.7 Å². The summed E-state index contributed by atoms with van der Waals surface area (Å²) >= 11 is 0. The third-order valence-electron chi connectivity index (χ3n) is 4.99. The van der Waals surface area contributed by atoms with E-state index in [-0.39, 0.29) is 33.2 Å². The lowest BCUT2D eigenvalue weighted by Gasteiger charge is -2.19. The molecule has 0 radical (unpaired) electrons. The predicted molar refractivity (Wildman–Crippen MR) is 124 cm³/mol. The van der Waals surface area contributed by atoms with Gasteiger partial charge in [0.15, 0.2) is 5.43 Å². The number of hydrogen-bond acceptors (Lipinski definition) is 8. The highest BCUT2D eigenvalue weighted by atomic mass is 32.2. The summed E-state index contributed by atoms with van der Waals surface area (Å²) in [6.45, 7) is 7.16. The fourth-order valence-corrected chi connectivity index (χ4v) is 3.91. The quantitative estimate of drug-likeness (QED) is 0.209. The van der Waals surface area contributed by atoms with Crippen LogP contribution in [-0.4, -0.2) is 61.1 Å². The molecule has 0 fully saturated rings. The van der Waals surface area contributed by atoms with Gasteiger partial charge in [-0.25, -0.2) is 0 Å². The van der Waals surface area contributed by atoms with Crippen molar-refractivity contribution < 1.29 is 23.0 Å². The van der Waals surface area contributed by atoms with Crippen LogP contribution in [0.5, 0.6) is 5.75 Å². The monoisotopic (exact) mass is 466 g/mol. The van der Waals surface area contributed by atoms with Crippen LogP contribution in [0.15, 0.2) is 35.1 Å². The van der Waals surface area contributed by atoms with Crippen LogP contribution in [0.25, 0.3) is 21.8 Å². The Morgan fingerprint density at radius 2 is 1.88 bits per heavy atom. The third kappa shape index (κ3) is 5.33. The average Bonchev–Trinajstić information content (AvgIpc) is 2.70. The van der Waals surface area contributed by atoms with Crippen LogP contribution >= 0.6 is 0 Å². The lowest BCUT2D eigenvalue weighted by Crippen LogP contribution is -2.28. The molecule has 3 aromatic rings. The second-order valence-corrected chi connectivity index (χ2v) is 8.62. The van der Waals surface area contributed by atoms with Gasteiger partial charge in [-0.1, -0.05) is 13.8 Å². The van der Waals surface area contributed by atoms with Crippen LogP contribution in [0.2, 0.25) is 0 Å². The Labute approximate surface area is 184 Å². The van der Waals surface area contributed by atoms with Gasteiger partial charge in [0, 0.05) is 30.2 Å². The Bertz CT molecular complexity index is 1300. The van der Waals surface area contributed by atoms with E-state index in [1.807, 2.05) is 0 Å². The summed E-state index contributed by atoms with van der Waals surface area (Å²) < 4.78 is 27.7. The van der Waals surface area contributed by atoms with Gasteiger partial charge in [-0.3, -0.25) is 14.9 Å². The normalized spacial score (nSPS) is 11.5. The van der Waals surface area contributed by atoms with Crippen molar-refractivity contribution in [3.8, 4) is 5.75 Å². The maximum atomic E-state index is 13.3. The van der Waals surface area contributed by atoms with Gasteiger partial charge in [0.2, 0.25) is 0 Å². The van der Waals surface area contributed by atoms with Crippen molar-refractivity contribution >= 4 is 43.3 Å². The molecule has 1 aromatic heterocycles. The Balaban J connectivity index is 0.00000363. The minimum Gasteiger partial charge on any atom is -0.412 e. The highest BCUT2D eigenvalue weighted by Crippen LogP contribution is 2.30. The number of H-pyrrole nitrogens is 1. The molecule has 0 aliphatic carbocycles. The van der Waals surface area contributed by atoms with Gasteiger partial charge < -0.3 is 24.9 Å². The van der Waals surface area contributed by atoms with Crippen molar-refractivity contribution in [2.24, 2.45) is 0 Å². The maximum absolute atomic E-state index is 13.3. The maximum Gasteiger partial charge on any atom is 0.306 e. The van der Waals surface area contributed by atoms with Crippen molar-refractivity contribution in [2.75, 3.05) is 37.8 Å². The molecule has 0 unspecified atom stereocenters. The highest BCUT2D eigenvalue weighted by Gasteiger charge is 2.20. The molecule has 1 heterocycles. The number of hydrogen-bond donors (Lipinski definition) is 2. The number of non-ortho nitro benzene ring substituents is 1. The largest absolute Gasteiger partial charge is 0.412 e. The third-order valence-corrected chi connectivity index (χ3v) is 5.48. The number of benzene rings is 2. The van der Waals surface area contributed by atoms with Gasteiger partial charge in [-0.15, -0.1) is 0 Å². The molecule has 4 N–H and O–H groups in total. The van der Waals surface area contributed by atoms with Crippen molar-refractivity contribution in [1.29, 1.82) is 0 Å². The Kier molecular flexibility index (Phi) is 7.78. The first-order valence-corrected chi connectivity index (χ1v) is 11.6. The fourth-order valence-electron chi connectivity index (χ4n) is 3.46. The summed E-state index contributed by atoms with van der Waals surface area (Å²) in [5.41, 5.74) is 0.218. The van der Waals surface area contributed by atoms with Crippen LogP contribution in [0.4, 0.5) is 11.4 Å². The Hall–Kier alpha value is -3.22. The molecule has 0 saturated heterocycles. The van der Waals surface area contributed by atoms with Gasteiger partial charge in [0.05, 0.1) is 22.1 Å². The molecule has 0 aliphatic heterocycles. The van der Waals surface area contributed by atoms with Crippen LogP contribution in [0.3, 0.4) is 0 Å². The van der Waals surface area contributed by atoms with Gasteiger partial charge in [-0.2, -0.15) is 8.42 Å². The summed E-state index contributed by atoms with van der Waals surface area (Å²) in [7, 11) is -3.77. The average molecular weight is 467 g/mol. The van der Waals surface area contributed by atoms with E-state index >= 15 is 0 Å². The molecule has 3 rings (SSSR count). The number of fused-ring (bicyclic) bond motifs is 2. The number of nitro groups is 1. The van der Waals surface area contributed by atoms with E-state index in [1.54, 1.807) is 0 Å². The van der Waals surface area contributed by atoms with E-state index in [9.17, 15) is 23.3 Å². The lowest BCUT2D eigenvalue weighted by atomic mass is 10.1. The number of rotatable bonds is 9. The molecule has 0 spiro atoms. The standard InChI is InChI=1S/C20H24N4O6S.H2O/c1-4-23(5-2)11-10-21-16-8-9-17(24(26)27)19-18(16)20(25)14-12-13(30-31(3,28)29)6-7-15(14)22-19;/h6-9,12,21H,4-5,10-11H2,1-3H3,(H,22,25);1H2. The van der Waals surface area contributed by atoms with Crippen LogP contribution < -0.4 is 14.9 Å². The zero-order valence-electron chi connectivity index (χ0n) is 18.0. The van der Waals surface area contributed by atoms with Crippen LogP contribution in [0, 0.1) is 10.1 Å². The van der Waals surface area contributed by atoms with Gasteiger partial charge in [0.1, 0.15) is 11.3 Å². The number of likely N-dealkylation sites (N-methyl/N-ethyl adjacent to an activating group) is 1. The van der Waals surface area contributed by atoms with E-state index < -0.39 is 20.5 Å². The molecule has 11 nitrogen and oxygen atoms in total. The number of aromatic nitrogens is 1. The molecule has 12 heteroatoms. The summed E-state index contributed by atoms with van der Waals surface area (Å²) in [6.07, 6.45) is 0.906. The van der Waals surface area contributed by atoms with Gasteiger partial charge in [-0.05, 0) is 37.4 Å². The smallest absolute Gasteiger partial charge is 0.306 e. The molecular formula is C20H26N4O7S. The fraction of sp³-hybridized carbons (Fsp3) is 0.350. The minimum atomic E-state index is -3.77. The highest BCUT2D eigenvalue weighted by molar-refractivity contribution is 7.86. The summed E-state index contributed by atoms with van der Waals surface area (Å²) in [4.78, 5) is 29.5. The van der Waals surface area contributed by atoms with E-state index in [1.165, 1.54) is 30.3 Å². The van der Waals surface area contributed by atoms with E-state index in [4.69, 9.17) is 4.18 Å². The molecule has 174 valence electrons. The number of nitro benzene ring substituents is 1. The van der Waals surface area contributed by atoms with Crippen molar-refractivity contribution in [3.63, 3.8) is 0 Å². The second-order valence-electron chi connectivity index (χ2n) is 7.04. The van der Waals surface area contributed by atoms with Crippen molar-refractivity contribution in [3.05, 3.63) is 50.7 Å². The SMILES string of the molecule is CCN(CC)CCNc1ccc([N+](=O)[O-])c2[nH]c3ccc(OS(C)(=O)=O)cc3c(=O)c12.O. The number of nitrogens with zero attached hydrogens (tertiary/aromatic N) is 2. The minimum absolute atomic E-state index is 0.